The minimum atomic E-state index is -0.557. The number of nitrogens with zero attached hydrogens (tertiary/aromatic N) is 4. The summed E-state index contributed by atoms with van der Waals surface area (Å²) in [7, 11) is 3.07. The molecular weight excluding hydrogens is 585 g/mol. The van der Waals surface area contributed by atoms with E-state index in [1.165, 1.54) is 30.2 Å². The monoisotopic (exact) mass is 616 g/mol. The number of nitriles is 1. The highest BCUT2D eigenvalue weighted by Gasteiger charge is 2.45. The smallest absolute Gasteiger partial charge is 0.234 e. The average molecular weight is 617 g/mol. The van der Waals surface area contributed by atoms with Crippen molar-refractivity contribution in [3.05, 3.63) is 76.3 Å². The maximum absolute atomic E-state index is 13.7. The van der Waals surface area contributed by atoms with Crippen LogP contribution in [0, 0.1) is 23.7 Å². The molecule has 43 heavy (non-hydrogen) atoms. The molecule has 0 radical (unpaired) electrons. The lowest BCUT2D eigenvalue weighted by Crippen LogP contribution is -2.42. The molecule has 1 aliphatic carbocycles. The van der Waals surface area contributed by atoms with Crippen LogP contribution < -0.4 is 25.4 Å². The van der Waals surface area contributed by atoms with Gasteiger partial charge in [-0.15, -0.1) is 10.2 Å². The number of hydrogen-bond acceptors (Lipinski definition) is 11. The number of ether oxygens (including phenoxy) is 2. The zero-order chi connectivity index (χ0) is 30.9. The number of thioether (sulfide) groups is 1. The number of hydrogen-bond donors (Lipinski definition) is 2. The number of methoxy groups -OCH3 is 2. The number of nitrogens with one attached hydrogen (secondary N) is 1. The summed E-state index contributed by atoms with van der Waals surface area (Å²) in [5.74, 6) is 0.571. The van der Waals surface area contributed by atoms with Crippen LogP contribution in [0.5, 0.6) is 11.5 Å². The van der Waals surface area contributed by atoms with E-state index in [1.807, 2.05) is 45.0 Å². The molecule has 2 heterocycles. The third-order valence-electron chi connectivity index (χ3n) is 7.35. The van der Waals surface area contributed by atoms with Gasteiger partial charge in [0, 0.05) is 23.8 Å². The molecule has 0 spiro atoms. The summed E-state index contributed by atoms with van der Waals surface area (Å²) < 4.78 is 11.1. The lowest BCUT2D eigenvalue weighted by Gasteiger charge is -2.42. The first-order valence-electron chi connectivity index (χ1n) is 13.6. The van der Waals surface area contributed by atoms with Crippen LogP contribution in [0.1, 0.15) is 43.7 Å². The van der Waals surface area contributed by atoms with E-state index >= 15 is 0 Å². The van der Waals surface area contributed by atoms with Crippen LogP contribution in [-0.4, -0.2) is 41.9 Å². The number of aryl methyl sites for hydroxylation is 1. The summed E-state index contributed by atoms with van der Waals surface area (Å²) in [5.41, 5.74) is 10.4. The normalized spacial score (nSPS) is 17.8. The molecule has 1 aromatic heterocycles. The minimum absolute atomic E-state index is 0.00763. The number of ketones is 1. The molecule has 0 saturated heterocycles. The van der Waals surface area contributed by atoms with Gasteiger partial charge in [0.25, 0.3) is 0 Å². The Bertz CT molecular complexity index is 1700. The van der Waals surface area contributed by atoms with Crippen molar-refractivity contribution in [2.75, 3.05) is 30.2 Å². The molecule has 1 unspecified atom stereocenters. The largest absolute Gasteiger partial charge is 0.497 e. The van der Waals surface area contributed by atoms with Crippen LogP contribution in [0.4, 0.5) is 10.8 Å². The molecule has 1 aliphatic heterocycles. The maximum atomic E-state index is 13.7. The van der Waals surface area contributed by atoms with Crippen molar-refractivity contribution in [3.8, 4) is 17.6 Å². The second-order valence-electron chi connectivity index (χ2n) is 11.1. The fourth-order valence-corrected chi connectivity index (χ4v) is 7.17. The van der Waals surface area contributed by atoms with Crippen molar-refractivity contribution in [2.45, 2.75) is 43.9 Å². The molecule has 1 atom stereocenters. The Morgan fingerprint density at radius 2 is 2.00 bits per heavy atom. The van der Waals surface area contributed by atoms with Crippen LogP contribution in [0.2, 0.25) is 0 Å². The summed E-state index contributed by atoms with van der Waals surface area (Å²) in [6, 6.07) is 15.3. The second kappa shape index (κ2) is 12.1. The fraction of sp³-hybridized carbons (Fsp3) is 0.323. The zero-order valence-corrected chi connectivity index (χ0v) is 26.2. The van der Waals surface area contributed by atoms with Gasteiger partial charge in [-0.25, -0.2) is 0 Å². The maximum Gasteiger partial charge on any atom is 0.234 e. The topological polar surface area (TPSA) is 143 Å². The summed E-state index contributed by atoms with van der Waals surface area (Å²) >= 11 is 2.47. The predicted octanol–water partition coefficient (Wildman–Crippen LogP) is 5.54. The number of aromatic nitrogens is 2. The summed E-state index contributed by atoms with van der Waals surface area (Å²) in [5, 5.41) is 22.3. The Labute approximate surface area is 258 Å². The molecule has 10 nitrogen and oxygen atoms in total. The SMILES string of the molecule is COc1ccc(OC)c(NC(=O)CSc2nnc(N3C(N)=C(C#N)C(c4cccc(C)c4)C4=C3CC(C)(C)CC4=O)s2)c1. The van der Waals surface area contributed by atoms with Crippen molar-refractivity contribution < 1.29 is 19.1 Å². The van der Waals surface area contributed by atoms with Gasteiger partial charge in [0.1, 0.15) is 17.3 Å². The Balaban J connectivity index is 1.44. The third-order valence-corrected chi connectivity index (χ3v) is 9.39. The molecule has 12 heteroatoms. The van der Waals surface area contributed by atoms with Gasteiger partial charge in [-0.2, -0.15) is 5.26 Å². The third kappa shape index (κ3) is 6.09. The van der Waals surface area contributed by atoms with Crippen LogP contribution >= 0.6 is 23.1 Å². The number of Topliss-reactive ketones (excluding diaryl/α,β-unsaturated/α-hetero) is 1. The van der Waals surface area contributed by atoms with Gasteiger partial charge in [-0.3, -0.25) is 14.5 Å². The molecule has 0 fully saturated rings. The van der Waals surface area contributed by atoms with E-state index in [0.29, 0.717) is 50.6 Å². The summed E-state index contributed by atoms with van der Waals surface area (Å²) in [4.78, 5) is 28.2. The highest BCUT2D eigenvalue weighted by molar-refractivity contribution is 8.01. The second-order valence-corrected chi connectivity index (χ2v) is 13.3. The van der Waals surface area contributed by atoms with E-state index in [2.05, 4.69) is 21.6 Å². The van der Waals surface area contributed by atoms with Crippen molar-refractivity contribution in [1.29, 1.82) is 5.26 Å². The fourth-order valence-electron chi connectivity index (χ4n) is 5.49. The molecule has 5 rings (SSSR count). The van der Waals surface area contributed by atoms with Crippen LogP contribution in [0.3, 0.4) is 0 Å². The van der Waals surface area contributed by atoms with Gasteiger partial charge in [0.15, 0.2) is 10.1 Å². The highest BCUT2D eigenvalue weighted by atomic mass is 32.2. The Kier molecular flexibility index (Phi) is 8.48. The van der Waals surface area contributed by atoms with Gasteiger partial charge < -0.3 is 20.5 Å². The summed E-state index contributed by atoms with van der Waals surface area (Å²) in [6.07, 6.45) is 0.938. The summed E-state index contributed by atoms with van der Waals surface area (Å²) in [6.45, 7) is 6.07. The van der Waals surface area contributed by atoms with E-state index in [4.69, 9.17) is 15.2 Å². The van der Waals surface area contributed by atoms with E-state index in [9.17, 15) is 14.9 Å². The molecule has 3 aromatic rings. The van der Waals surface area contributed by atoms with Gasteiger partial charge in [0.2, 0.25) is 11.0 Å². The number of allylic oxidation sites excluding steroid dienone is 3. The number of anilines is 2. The highest BCUT2D eigenvalue weighted by Crippen LogP contribution is 2.50. The van der Waals surface area contributed by atoms with Crippen molar-refractivity contribution in [3.63, 3.8) is 0 Å². The number of carbonyl (C=O) groups excluding carboxylic acids is 2. The van der Waals surface area contributed by atoms with Gasteiger partial charge >= 0.3 is 0 Å². The molecule has 2 aromatic carbocycles. The molecule has 2 aliphatic rings. The Morgan fingerprint density at radius 3 is 2.70 bits per heavy atom. The van der Waals surface area contributed by atoms with Crippen LogP contribution in [-0.2, 0) is 9.59 Å². The van der Waals surface area contributed by atoms with E-state index in [-0.39, 0.29) is 28.7 Å². The first-order chi connectivity index (χ1) is 20.5. The predicted molar refractivity (Wildman–Crippen MR) is 167 cm³/mol. The minimum Gasteiger partial charge on any atom is -0.497 e. The van der Waals surface area contributed by atoms with Gasteiger partial charge in [-0.05, 0) is 36.5 Å². The van der Waals surface area contributed by atoms with Crippen LogP contribution in [0.25, 0.3) is 0 Å². The van der Waals surface area contributed by atoms with Gasteiger partial charge in [0.05, 0.1) is 43.2 Å². The lowest BCUT2D eigenvalue weighted by molar-refractivity contribution is -0.118. The number of benzene rings is 2. The van der Waals surface area contributed by atoms with Crippen molar-refractivity contribution >= 4 is 45.6 Å². The van der Waals surface area contributed by atoms with E-state index in [0.717, 1.165) is 16.8 Å². The molecule has 0 saturated carbocycles. The average Bonchev–Trinajstić information content (AvgIpc) is 3.43. The first kappa shape index (κ1) is 30.1. The number of amides is 1. The van der Waals surface area contributed by atoms with E-state index in [1.54, 1.807) is 30.2 Å². The number of rotatable bonds is 8. The number of carbonyl (C=O) groups is 2. The standard InChI is InChI=1S/C31H32N6O4S2/c1-17-7-6-8-18(11-17)26-20(15-32)28(33)37(22-13-31(2,3)14-23(38)27(22)26)29-35-36-30(43-29)42-16-25(39)34-21-12-19(40-4)9-10-24(21)41-5/h6-12,26H,13-14,16,33H2,1-5H3,(H,34,39). The van der Waals surface area contributed by atoms with Crippen molar-refractivity contribution in [2.24, 2.45) is 11.1 Å². The van der Waals surface area contributed by atoms with Crippen molar-refractivity contribution in [1.82, 2.24) is 10.2 Å². The Hall–Kier alpha value is -4.34. The quantitative estimate of drug-likeness (QED) is 0.310. The molecule has 3 N–H and O–H groups in total. The van der Waals surface area contributed by atoms with E-state index < -0.39 is 5.92 Å². The zero-order valence-electron chi connectivity index (χ0n) is 24.6. The first-order valence-corrected chi connectivity index (χ1v) is 15.4. The molecule has 0 bridgehead atoms. The molecule has 222 valence electrons. The molecule has 1 amide bonds. The lowest BCUT2D eigenvalue weighted by atomic mass is 9.68. The van der Waals surface area contributed by atoms with Gasteiger partial charge in [-0.1, -0.05) is 66.8 Å². The Morgan fingerprint density at radius 1 is 1.21 bits per heavy atom. The van der Waals surface area contributed by atoms with Crippen LogP contribution in [0.15, 0.2) is 69.5 Å². The molecular formula is C31H32N6O4S2. The number of nitrogens with two attached hydrogens (primary N) is 1.